The number of halogens is 1. The van der Waals surface area contributed by atoms with E-state index < -0.39 is 5.82 Å². The summed E-state index contributed by atoms with van der Waals surface area (Å²) in [4.78, 5) is 10.4. The summed E-state index contributed by atoms with van der Waals surface area (Å²) in [7, 11) is 1.36. The fourth-order valence-corrected chi connectivity index (χ4v) is 0.931. The second-order valence-corrected chi connectivity index (χ2v) is 2.30. The molecule has 0 aliphatic heterocycles. The van der Waals surface area contributed by atoms with Gasteiger partial charge in [-0.1, -0.05) is 0 Å². The molecule has 0 atom stereocenters. The molecule has 1 aromatic rings. The number of hydrogen-bond acceptors (Lipinski definition) is 3. The number of rotatable bonds is 2. The highest BCUT2D eigenvalue weighted by Gasteiger charge is 2.09. The van der Waals surface area contributed by atoms with Crippen LogP contribution in [0.2, 0.25) is 0 Å². The molecule has 0 unspecified atom stereocenters. The Kier molecular flexibility index (Phi) is 2.60. The van der Waals surface area contributed by atoms with Gasteiger partial charge in [0, 0.05) is 11.6 Å². The monoisotopic (exact) mass is 179 g/mol. The van der Waals surface area contributed by atoms with Gasteiger partial charge in [-0.15, -0.1) is 0 Å². The van der Waals surface area contributed by atoms with Crippen molar-refractivity contribution in [1.82, 2.24) is 0 Å². The van der Waals surface area contributed by atoms with Gasteiger partial charge in [-0.25, -0.2) is 4.39 Å². The van der Waals surface area contributed by atoms with Crippen LogP contribution in [-0.4, -0.2) is 13.4 Å². The van der Waals surface area contributed by atoms with Crippen molar-refractivity contribution < 1.29 is 13.9 Å². The second kappa shape index (κ2) is 3.68. The van der Waals surface area contributed by atoms with Crippen LogP contribution in [0.1, 0.15) is 15.9 Å². The van der Waals surface area contributed by atoms with Crippen molar-refractivity contribution in [3.63, 3.8) is 0 Å². The van der Waals surface area contributed by atoms with Gasteiger partial charge in [0.15, 0.2) is 6.29 Å². The van der Waals surface area contributed by atoms with Crippen LogP contribution in [-0.2, 0) is 0 Å². The van der Waals surface area contributed by atoms with E-state index in [1.807, 2.05) is 0 Å². The predicted octanol–water partition coefficient (Wildman–Crippen LogP) is 1.52. The molecular formula is C9H6FNO2. The van der Waals surface area contributed by atoms with E-state index in [2.05, 4.69) is 0 Å². The number of nitrogens with zero attached hydrogens (tertiary/aromatic N) is 1. The number of aldehydes is 1. The maximum absolute atomic E-state index is 13.0. The van der Waals surface area contributed by atoms with E-state index in [1.165, 1.54) is 13.2 Å². The van der Waals surface area contributed by atoms with E-state index in [4.69, 9.17) is 10.00 Å². The van der Waals surface area contributed by atoms with Crippen molar-refractivity contribution in [2.45, 2.75) is 0 Å². The van der Waals surface area contributed by atoms with E-state index in [0.717, 1.165) is 6.07 Å². The predicted molar refractivity (Wildman–Crippen MR) is 43.1 cm³/mol. The molecule has 3 nitrogen and oxygen atoms in total. The molecule has 0 saturated heterocycles. The van der Waals surface area contributed by atoms with Crippen LogP contribution in [0, 0.1) is 17.1 Å². The first-order valence-corrected chi connectivity index (χ1v) is 3.45. The molecule has 13 heavy (non-hydrogen) atoms. The zero-order valence-corrected chi connectivity index (χ0v) is 6.87. The Morgan fingerprint density at radius 1 is 1.62 bits per heavy atom. The number of methoxy groups -OCH3 is 1. The fraction of sp³-hybridized carbons (Fsp3) is 0.111. The molecule has 0 fully saturated rings. The number of benzene rings is 1. The van der Waals surface area contributed by atoms with Gasteiger partial charge in [-0.3, -0.25) is 4.79 Å². The van der Waals surface area contributed by atoms with Gasteiger partial charge in [-0.2, -0.15) is 5.26 Å². The van der Waals surface area contributed by atoms with Crippen molar-refractivity contribution in [3.8, 4) is 11.8 Å². The van der Waals surface area contributed by atoms with Crippen LogP contribution in [0.25, 0.3) is 0 Å². The summed E-state index contributed by atoms with van der Waals surface area (Å²) >= 11 is 0. The average molecular weight is 179 g/mol. The number of carbonyl (C=O) groups is 1. The minimum absolute atomic E-state index is 0.000602. The molecule has 0 amide bonds. The van der Waals surface area contributed by atoms with Gasteiger partial charge in [0.25, 0.3) is 0 Å². The molecule has 0 radical (unpaired) electrons. The van der Waals surface area contributed by atoms with Crippen molar-refractivity contribution in [2.75, 3.05) is 7.11 Å². The average Bonchev–Trinajstić information content (AvgIpc) is 2.16. The summed E-state index contributed by atoms with van der Waals surface area (Å²) < 4.78 is 17.8. The van der Waals surface area contributed by atoms with Crippen molar-refractivity contribution >= 4 is 6.29 Å². The lowest BCUT2D eigenvalue weighted by Crippen LogP contribution is -1.94. The third kappa shape index (κ3) is 1.64. The van der Waals surface area contributed by atoms with Gasteiger partial charge in [0.1, 0.15) is 17.6 Å². The normalized spacial score (nSPS) is 9.00. The zero-order chi connectivity index (χ0) is 9.84. The molecule has 0 heterocycles. The van der Waals surface area contributed by atoms with E-state index in [1.54, 1.807) is 6.07 Å². The van der Waals surface area contributed by atoms with Gasteiger partial charge in [0.2, 0.25) is 0 Å². The number of hydrogen-bond donors (Lipinski definition) is 0. The third-order valence-electron chi connectivity index (χ3n) is 1.57. The Labute approximate surface area is 74.4 Å². The molecule has 1 aromatic carbocycles. The van der Waals surface area contributed by atoms with Crippen LogP contribution in [0.15, 0.2) is 12.1 Å². The topological polar surface area (TPSA) is 50.1 Å². The lowest BCUT2D eigenvalue weighted by molar-refractivity contribution is 0.112. The highest BCUT2D eigenvalue weighted by Crippen LogP contribution is 2.19. The quantitative estimate of drug-likeness (QED) is 0.646. The zero-order valence-electron chi connectivity index (χ0n) is 6.87. The summed E-state index contributed by atoms with van der Waals surface area (Å²) in [5.41, 5.74) is -0.254. The lowest BCUT2D eigenvalue weighted by atomic mass is 10.1. The van der Waals surface area contributed by atoms with E-state index in [-0.39, 0.29) is 16.9 Å². The van der Waals surface area contributed by atoms with Gasteiger partial charge in [0.05, 0.1) is 12.7 Å². The Morgan fingerprint density at radius 3 is 2.77 bits per heavy atom. The summed E-state index contributed by atoms with van der Waals surface area (Å²) in [6, 6.07) is 3.98. The van der Waals surface area contributed by atoms with Crippen molar-refractivity contribution in [2.24, 2.45) is 0 Å². The molecule has 0 aliphatic carbocycles. The smallest absolute Gasteiger partial charge is 0.151 e. The number of nitriles is 1. The highest BCUT2D eigenvalue weighted by molar-refractivity contribution is 5.80. The molecule has 1 rings (SSSR count). The fourth-order valence-electron chi connectivity index (χ4n) is 0.931. The van der Waals surface area contributed by atoms with E-state index in [9.17, 15) is 9.18 Å². The molecule has 0 aliphatic rings. The maximum Gasteiger partial charge on any atom is 0.151 e. The van der Waals surface area contributed by atoms with Crippen LogP contribution in [0.3, 0.4) is 0 Å². The van der Waals surface area contributed by atoms with Gasteiger partial charge in [-0.05, 0) is 6.07 Å². The first-order chi connectivity index (χ1) is 6.22. The van der Waals surface area contributed by atoms with Crippen LogP contribution in [0.5, 0.6) is 5.75 Å². The minimum Gasteiger partial charge on any atom is -0.497 e. The Hall–Kier alpha value is -1.89. The molecule has 4 heteroatoms. The third-order valence-corrected chi connectivity index (χ3v) is 1.57. The number of carbonyl (C=O) groups excluding carboxylic acids is 1. The molecule has 0 bridgehead atoms. The van der Waals surface area contributed by atoms with Crippen molar-refractivity contribution in [3.05, 3.63) is 29.1 Å². The van der Waals surface area contributed by atoms with E-state index >= 15 is 0 Å². The summed E-state index contributed by atoms with van der Waals surface area (Å²) in [6.45, 7) is 0. The largest absolute Gasteiger partial charge is 0.497 e. The Bertz CT molecular complexity index is 382. The molecule has 0 aromatic heterocycles. The summed E-state index contributed by atoms with van der Waals surface area (Å²) in [5.74, 6) is -0.525. The number of ether oxygens (including phenoxy) is 1. The SMILES string of the molecule is COc1cc(F)c(C#N)c(C=O)c1. The maximum atomic E-state index is 13.0. The molecule has 0 spiro atoms. The van der Waals surface area contributed by atoms with Crippen LogP contribution in [0.4, 0.5) is 4.39 Å². The van der Waals surface area contributed by atoms with Crippen molar-refractivity contribution in [1.29, 1.82) is 5.26 Å². The minimum atomic E-state index is -0.746. The Morgan fingerprint density at radius 2 is 2.31 bits per heavy atom. The van der Waals surface area contributed by atoms with E-state index in [0.29, 0.717) is 6.29 Å². The van der Waals surface area contributed by atoms with Gasteiger partial charge >= 0.3 is 0 Å². The summed E-state index contributed by atoms with van der Waals surface area (Å²) in [5, 5.41) is 8.50. The molecule has 0 N–H and O–H groups in total. The highest BCUT2D eigenvalue weighted by atomic mass is 19.1. The second-order valence-electron chi connectivity index (χ2n) is 2.30. The Balaban J connectivity index is 3.39. The van der Waals surface area contributed by atoms with Crippen LogP contribution < -0.4 is 4.74 Å². The first kappa shape index (κ1) is 9.20. The van der Waals surface area contributed by atoms with Gasteiger partial charge < -0.3 is 4.74 Å². The molecule has 0 saturated carbocycles. The molecule has 66 valence electrons. The summed E-state index contributed by atoms with van der Waals surface area (Å²) in [6.07, 6.45) is 0.421. The standard InChI is InChI=1S/C9H6FNO2/c1-13-7-2-6(5-12)8(4-11)9(10)3-7/h2-3,5H,1H3. The first-order valence-electron chi connectivity index (χ1n) is 3.45. The lowest BCUT2D eigenvalue weighted by Gasteiger charge is -2.02. The molecular weight excluding hydrogens is 173 g/mol. The van der Waals surface area contributed by atoms with Crippen LogP contribution >= 0.6 is 0 Å².